The lowest BCUT2D eigenvalue weighted by Gasteiger charge is -2.10. The van der Waals surface area contributed by atoms with Crippen molar-refractivity contribution in [2.75, 3.05) is 17.4 Å². The number of hydrogen-bond acceptors (Lipinski definition) is 8. The van der Waals surface area contributed by atoms with Gasteiger partial charge in [0, 0.05) is 18.0 Å². The molecule has 0 unspecified atom stereocenters. The Bertz CT molecular complexity index is 1190. The summed E-state index contributed by atoms with van der Waals surface area (Å²) in [7, 11) is 0. The number of hydrogen-bond donors (Lipinski definition) is 2. The molecule has 1 aromatic carbocycles. The molecule has 8 nitrogen and oxygen atoms in total. The van der Waals surface area contributed by atoms with Gasteiger partial charge >= 0.3 is 0 Å². The monoisotopic (exact) mass is 406 g/mol. The summed E-state index contributed by atoms with van der Waals surface area (Å²) in [6.45, 7) is 0.854. The summed E-state index contributed by atoms with van der Waals surface area (Å²) in [4.78, 5) is 14.0. The van der Waals surface area contributed by atoms with E-state index in [4.69, 9.17) is 19.4 Å². The van der Waals surface area contributed by atoms with Crippen molar-refractivity contribution in [2.45, 2.75) is 25.4 Å². The maximum Gasteiger partial charge on any atom is 0.231 e. The second-order valence-electron chi connectivity index (χ2n) is 7.12. The summed E-state index contributed by atoms with van der Waals surface area (Å²) in [6, 6.07) is 8.45. The maximum atomic E-state index is 5.46. The lowest BCUT2D eigenvalue weighted by atomic mass is 10.2. The van der Waals surface area contributed by atoms with Gasteiger partial charge in [0.05, 0.1) is 5.69 Å². The number of fused-ring (bicyclic) bond motifs is 2. The Balaban J connectivity index is 1.34. The zero-order valence-electron chi connectivity index (χ0n) is 15.5. The van der Waals surface area contributed by atoms with Crippen LogP contribution in [0.15, 0.2) is 41.4 Å². The van der Waals surface area contributed by atoms with Crippen LogP contribution in [0.4, 0.5) is 11.8 Å². The first kappa shape index (κ1) is 16.6. The molecule has 146 valence electrons. The van der Waals surface area contributed by atoms with E-state index in [2.05, 4.69) is 27.1 Å². The highest BCUT2D eigenvalue weighted by atomic mass is 32.1. The van der Waals surface area contributed by atoms with E-state index in [0.29, 0.717) is 18.5 Å². The normalized spacial score (nSPS) is 15.0. The third kappa shape index (κ3) is 3.13. The van der Waals surface area contributed by atoms with Crippen LogP contribution in [-0.2, 0) is 6.54 Å². The molecule has 4 aromatic rings. The molecule has 0 atom stereocenters. The number of benzene rings is 1. The number of thiophene rings is 1. The van der Waals surface area contributed by atoms with E-state index in [1.165, 1.54) is 0 Å². The molecule has 3 aromatic heterocycles. The lowest BCUT2D eigenvalue weighted by Crippen LogP contribution is -2.09. The fraction of sp³-hybridized carbons (Fsp3) is 0.250. The van der Waals surface area contributed by atoms with Crippen molar-refractivity contribution in [3.05, 3.63) is 46.9 Å². The Hall–Kier alpha value is -3.33. The predicted octanol–water partition coefficient (Wildman–Crippen LogP) is 3.79. The summed E-state index contributed by atoms with van der Waals surface area (Å²) in [6.07, 6.45) is 4.13. The van der Waals surface area contributed by atoms with E-state index in [1.807, 2.05) is 28.1 Å². The van der Waals surface area contributed by atoms with Crippen LogP contribution in [0.5, 0.6) is 11.5 Å². The van der Waals surface area contributed by atoms with Gasteiger partial charge in [0.15, 0.2) is 28.5 Å². The number of anilines is 2. The molecule has 2 aliphatic rings. The summed E-state index contributed by atoms with van der Waals surface area (Å²) < 4.78 is 12.8. The Morgan fingerprint density at radius 1 is 1.14 bits per heavy atom. The van der Waals surface area contributed by atoms with Gasteiger partial charge in [-0.15, -0.1) is 0 Å². The fourth-order valence-corrected chi connectivity index (χ4v) is 3.94. The minimum atomic E-state index is 0.273. The molecule has 0 bridgehead atoms. The molecule has 1 fully saturated rings. The van der Waals surface area contributed by atoms with Crippen LogP contribution in [0.3, 0.4) is 0 Å². The molecule has 1 saturated carbocycles. The van der Waals surface area contributed by atoms with Crippen molar-refractivity contribution >= 4 is 34.3 Å². The molecule has 29 heavy (non-hydrogen) atoms. The number of aromatic nitrogens is 4. The molecule has 2 N–H and O–H groups in total. The molecule has 0 amide bonds. The third-order valence-electron chi connectivity index (χ3n) is 4.99. The van der Waals surface area contributed by atoms with Crippen molar-refractivity contribution in [3.63, 3.8) is 0 Å². The molecule has 1 aliphatic heterocycles. The minimum Gasteiger partial charge on any atom is -0.454 e. The Morgan fingerprint density at radius 3 is 2.93 bits per heavy atom. The van der Waals surface area contributed by atoms with Crippen molar-refractivity contribution in [1.82, 2.24) is 19.5 Å². The zero-order valence-corrected chi connectivity index (χ0v) is 16.3. The van der Waals surface area contributed by atoms with Gasteiger partial charge < -0.3 is 20.1 Å². The van der Waals surface area contributed by atoms with Gasteiger partial charge in [-0.25, -0.2) is 4.98 Å². The standard InChI is InChI=1S/C20H18N6O2S/c1-4-15-16(28-11-27-15)7-12(1)8-21-20-24-18(23-13-2-3-13)17-19(25-20)26(10-22-17)14-5-6-29-9-14/h1,4-7,9-10,13H,2-3,8,11H2,(H2,21,23,24,25). The van der Waals surface area contributed by atoms with Crippen LogP contribution in [-0.4, -0.2) is 32.4 Å². The van der Waals surface area contributed by atoms with Gasteiger partial charge in [-0.2, -0.15) is 21.3 Å². The zero-order chi connectivity index (χ0) is 19.2. The van der Waals surface area contributed by atoms with E-state index in [0.717, 1.165) is 52.6 Å². The van der Waals surface area contributed by atoms with Gasteiger partial charge in [0.1, 0.15) is 6.33 Å². The topological polar surface area (TPSA) is 86.1 Å². The van der Waals surface area contributed by atoms with Gasteiger partial charge in [0.2, 0.25) is 12.7 Å². The Morgan fingerprint density at radius 2 is 2.07 bits per heavy atom. The molecule has 6 rings (SSSR count). The first-order valence-electron chi connectivity index (χ1n) is 9.50. The van der Waals surface area contributed by atoms with E-state index >= 15 is 0 Å². The molecular weight excluding hydrogens is 388 g/mol. The van der Waals surface area contributed by atoms with E-state index in [-0.39, 0.29) is 6.79 Å². The summed E-state index contributed by atoms with van der Waals surface area (Å²) in [5.41, 5.74) is 3.70. The number of rotatable bonds is 6. The van der Waals surface area contributed by atoms with Crippen molar-refractivity contribution in [1.29, 1.82) is 0 Å². The largest absolute Gasteiger partial charge is 0.454 e. The fourth-order valence-electron chi connectivity index (χ4n) is 3.32. The van der Waals surface area contributed by atoms with Gasteiger partial charge in [-0.1, -0.05) is 6.07 Å². The molecule has 0 radical (unpaired) electrons. The van der Waals surface area contributed by atoms with E-state index in [9.17, 15) is 0 Å². The molecule has 4 heterocycles. The van der Waals surface area contributed by atoms with Gasteiger partial charge in [-0.05, 0) is 42.0 Å². The van der Waals surface area contributed by atoms with Crippen LogP contribution >= 0.6 is 11.3 Å². The maximum absolute atomic E-state index is 5.46. The van der Waals surface area contributed by atoms with Crippen LogP contribution in [0.2, 0.25) is 0 Å². The minimum absolute atomic E-state index is 0.273. The lowest BCUT2D eigenvalue weighted by molar-refractivity contribution is 0.174. The quantitative estimate of drug-likeness (QED) is 0.504. The van der Waals surface area contributed by atoms with Crippen LogP contribution in [0.1, 0.15) is 18.4 Å². The molecule has 1 aliphatic carbocycles. The molecule has 9 heteroatoms. The Kier molecular flexibility index (Phi) is 3.80. The highest BCUT2D eigenvalue weighted by Gasteiger charge is 2.24. The molecule has 0 spiro atoms. The summed E-state index contributed by atoms with van der Waals surface area (Å²) in [5.74, 6) is 2.89. The number of ether oxygens (including phenoxy) is 2. The van der Waals surface area contributed by atoms with Crippen LogP contribution in [0.25, 0.3) is 16.9 Å². The van der Waals surface area contributed by atoms with Crippen LogP contribution in [0, 0.1) is 0 Å². The first-order chi connectivity index (χ1) is 14.3. The average Bonchev–Trinajstić information content (AvgIpc) is 3.16. The second-order valence-corrected chi connectivity index (χ2v) is 7.90. The average molecular weight is 406 g/mol. The van der Waals surface area contributed by atoms with Crippen molar-refractivity contribution in [3.8, 4) is 17.2 Å². The summed E-state index contributed by atoms with van der Waals surface area (Å²) >= 11 is 1.65. The summed E-state index contributed by atoms with van der Waals surface area (Å²) in [5, 5.41) is 11.0. The smallest absolute Gasteiger partial charge is 0.231 e. The predicted molar refractivity (Wildman–Crippen MR) is 111 cm³/mol. The number of imidazole rings is 1. The first-order valence-corrected chi connectivity index (χ1v) is 10.4. The van der Waals surface area contributed by atoms with Crippen LogP contribution < -0.4 is 20.1 Å². The highest BCUT2D eigenvalue weighted by Crippen LogP contribution is 2.33. The van der Waals surface area contributed by atoms with E-state index < -0.39 is 0 Å². The second kappa shape index (κ2) is 6.63. The highest BCUT2D eigenvalue weighted by molar-refractivity contribution is 7.08. The van der Waals surface area contributed by atoms with Crippen molar-refractivity contribution < 1.29 is 9.47 Å². The Labute approximate surface area is 170 Å². The molecular formula is C20H18N6O2S. The number of nitrogens with one attached hydrogen (secondary N) is 2. The third-order valence-corrected chi connectivity index (χ3v) is 5.66. The van der Waals surface area contributed by atoms with E-state index in [1.54, 1.807) is 17.7 Å². The number of nitrogens with zero attached hydrogens (tertiary/aromatic N) is 4. The SMILES string of the molecule is c1cc(-n2cnc3c(NC4CC4)nc(NCc4ccc5c(c4)OCO5)nc32)cs1. The molecule has 0 saturated heterocycles. The van der Waals surface area contributed by atoms with Crippen molar-refractivity contribution in [2.24, 2.45) is 0 Å². The van der Waals surface area contributed by atoms with Gasteiger partial charge in [0.25, 0.3) is 0 Å². The van der Waals surface area contributed by atoms with Gasteiger partial charge in [-0.3, -0.25) is 4.57 Å².